The monoisotopic (exact) mass is 468 g/mol. The molecule has 2 aromatic rings. The molecule has 1 N–H and O–H groups in total. The zero-order chi connectivity index (χ0) is 24.5. The average molecular weight is 468 g/mol. The Hall–Kier alpha value is -3.80. The highest BCUT2D eigenvalue weighted by atomic mass is 19.4. The molecule has 1 aromatic carbocycles. The summed E-state index contributed by atoms with van der Waals surface area (Å²) in [7, 11) is 0. The van der Waals surface area contributed by atoms with Gasteiger partial charge >= 0.3 is 6.18 Å². The average Bonchev–Trinajstić information content (AvgIpc) is 3.48. The molecule has 0 saturated heterocycles. The molecule has 0 spiro atoms. The zero-order valence-corrected chi connectivity index (χ0v) is 18.9. The van der Waals surface area contributed by atoms with Crippen molar-refractivity contribution in [1.29, 1.82) is 0 Å². The molecular weight excluding hydrogens is 445 g/mol. The minimum atomic E-state index is -4.51. The molecule has 1 amide bonds. The number of nitrogens with one attached hydrogen (secondary N) is 1. The summed E-state index contributed by atoms with van der Waals surface area (Å²) >= 11 is 0. The van der Waals surface area contributed by atoms with Gasteiger partial charge in [0, 0.05) is 22.9 Å². The third-order valence-electron chi connectivity index (χ3n) is 5.61. The Balaban J connectivity index is 1.72. The first kappa shape index (κ1) is 23.4. The van der Waals surface area contributed by atoms with Crippen LogP contribution in [0.1, 0.15) is 39.2 Å². The molecule has 2 heterocycles. The van der Waals surface area contributed by atoms with Gasteiger partial charge in [0.1, 0.15) is 12.3 Å². The van der Waals surface area contributed by atoms with Crippen LogP contribution >= 0.6 is 0 Å². The van der Waals surface area contributed by atoms with Crippen molar-refractivity contribution >= 4 is 11.6 Å². The maximum atomic E-state index is 13.5. The number of aliphatic imine (C=N–C) groups is 1. The van der Waals surface area contributed by atoms with Gasteiger partial charge in [-0.05, 0) is 57.7 Å². The molecule has 4 rings (SSSR count). The summed E-state index contributed by atoms with van der Waals surface area (Å²) in [5, 5.41) is 2.17. The predicted molar refractivity (Wildman–Crippen MR) is 121 cm³/mol. The van der Waals surface area contributed by atoms with Crippen molar-refractivity contribution in [3.05, 3.63) is 65.5 Å². The first-order valence-corrected chi connectivity index (χ1v) is 10.8. The van der Waals surface area contributed by atoms with E-state index < -0.39 is 24.0 Å². The van der Waals surface area contributed by atoms with E-state index in [1.807, 2.05) is 24.3 Å². The molecule has 34 heavy (non-hydrogen) atoms. The summed E-state index contributed by atoms with van der Waals surface area (Å²) in [4.78, 5) is 23.2. The Bertz CT molecular complexity index is 1240. The van der Waals surface area contributed by atoms with Crippen LogP contribution in [0.4, 0.5) is 13.2 Å². The maximum Gasteiger partial charge on any atom is 0.408 e. The molecule has 9 heteroatoms. The number of allylic oxidation sites excluding steroid dienone is 2. The fourth-order valence-electron chi connectivity index (χ4n) is 3.70. The number of carbonyl (C=O) groups excluding carboxylic acids is 1. The quantitative estimate of drug-likeness (QED) is 0.494. The second-order valence-corrected chi connectivity index (χ2v) is 8.18. The lowest BCUT2D eigenvalue weighted by Crippen LogP contribution is -2.47. The number of halogens is 3. The molecule has 1 atom stereocenters. The molecule has 1 aliphatic carbocycles. The largest absolute Gasteiger partial charge is 0.445 e. The number of aromatic nitrogens is 1. The Morgan fingerprint density at radius 2 is 2.03 bits per heavy atom. The number of amides is 1. The van der Waals surface area contributed by atoms with Crippen LogP contribution in [-0.2, 0) is 4.79 Å². The van der Waals surface area contributed by atoms with Gasteiger partial charge in [0.05, 0.1) is 17.5 Å². The van der Waals surface area contributed by atoms with Gasteiger partial charge < -0.3 is 9.73 Å². The fourth-order valence-corrected chi connectivity index (χ4v) is 3.70. The van der Waals surface area contributed by atoms with Crippen LogP contribution in [-0.4, -0.2) is 33.7 Å². The third-order valence-corrected chi connectivity index (χ3v) is 5.61. The van der Waals surface area contributed by atoms with Gasteiger partial charge in [-0.15, -0.1) is 0 Å². The molecule has 1 saturated carbocycles. The fraction of sp³-hybridized carbons (Fsp3) is 0.320. The van der Waals surface area contributed by atoms with Gasteiger partial charge in [0.15, 0.2) is 5.82 Å². The molecule has 6 nitrogen and oxygen atoms in total. The summed E-state index contributed by atoms with van der Waals surface area (Å²) in [6.07, 6.45) is 1.20. The highest BCUT2D eigenvalue weighted by molar-refractivity contribution is 6.11. The van der Waals surface area contributed by atoms with Gasteiger partial charge in [0.25, 0.3) is 5.91 Å². The number of hydrogen-bond acceptors (Lipinski definition) is 5. The SMILES string of the molecule is CC#CN1C(C)=CC(c2cccc(-c3ncco3)c2)=N/C1=C(/C)C(=O)NC(C1CC1)C(F)(F)F. The van der Waals surface area contributed by atoms with Crippen molar-refractivity contribution < 1.29 is 22.4 Å². The lowest BCUT2D eigenvalue weighted by Gasteiger charge is -2.27. The molecule has 176 valence electrons. The summed E-state index contributed by atoms with van der Waals surface area (Å²) in [6.45, 7) is 4.88. The van der Waals surface area contributed by atoms with Crippen molar-refractivity contribution in [1.82, 2.24) is 15.2 Å². The van der Waals surface area contributed by atoms with Crippen LogP contribution in [0.15, 0.2) is 69.3 Å². The topological polar surface area (TPSA) is 70.7 Å². The smallest absolute Gasteiger partial charge is 0.408 e. The predicted octanol–water partition coefficient (Wildman–Crippen LogP) is 5.02. The van der Waals surface area contributed by atoms with Crippen molar-refractivity contribution in [3.63, 3.8) is 0 Å². The van der Waals surface area contributed by atoms with Crippen LogP contribution < -0.4 is 5.32 Å². The third kappa shape index (κ3) is 4.91. The normalized spacial score (nSPS) is 18.4. The van der Waals surface area contributed by atoms with Crippen LogP contribution in [0.25, 0.3) is 11.5 Å². The van der Waals surface area contributed by atoms with E-state index in [2.05, 4.69) is 27.3 Å². The Kier molecular flexibility index (Phi) is 6.33. The minimum absolute atomic E-state index is 0.0476. The zero-order valence-electron chi connectivity index (χ0n) is 18.9. The van der Waals surface area contributed by atoms with E-state index in [4.69, 9.17) is 4.42 Å². The van der Waals surface area contributed by atoms with E-state index in [1.54, 1.807) is 26.1 Å². The van der Waals surface area contributed by atoms with E-state index >= 15 is 0 Å². The van der Waals surface area contributed by atoms with Gasteiger partial charge in [-0.25, -0.2) is 9.98 Å². The molecule has 0 bridgehead atoms. The van der Waals surface area contributed by atoms with Crippen LogP contribution in [0.3, 0.4) is 0 Å². The number of alkyl halides is 3. The number of rotatable bonds is 5. The van der Waals surface area contributed by atoms with Gasteiger partial charge in [-0.3, -0.25) is 9.69 Å². The van der Waals surface area contributed by atoms with Crippen molar-refractivity contribution in [3.8, 4) is 23.4 Å². The molecule has 1 aliphatic heterocycles. The first-order valence-electron chi connectivity index (χ1n) is 10.8. The van der Waals surface area contributed by atoms with E-state index in [-0.39, 0.29) is 11.4 Å². The number of nitrogens with zero attached hydrogens (tertiary/aromatic N) is 3. The molecule has 1 unspecified atom stereocenters. The van der Waals surface area contributed by atoms with E-state index in [1.165, 1.54) is 18.1 Å². The summed E-state index contributed by atoms with van der Waals surface area (Å²) in [5.41, 5.74) is 2.74. The summed E-state index contributed by atoms with van der Waals surface area (Å²) in [6, 6.07) is 8.35. The van der Waals surface area contributed by atoms with E-state index in [9.17, 15) is 18.0 Å². The second kappa shape index (κ2) is 9.21. The Labute approximate surface area is 195 Å². The number of benzene rings is 1. The van der Waals surface area contributed by atoms with E-state index in [0.29, 0.717) is 30.1 Å². The molecule has 1 fully saturated rings. The highest BCUT2D eigenvalue weighted by Crippen LogP contribution is 2.40. The highest BCUT2D eigenvalue weighted by Gasteiger charge is 2.49. The molecule has 0 radical (unpaired) electrons. The van der Waals surface area contributed by atoms with Crippen LogP contribution in [0, 0.1) is 17.9 Å². The standard InChI is InChI=1S/C25H23F3N4O2/c1-4-11-32-15(2)13-20(18-6-5-7-19(14-18)24-29-10-12-34-24)30-22(32)16(3)23(33)31-21(17-8-9-17)25(26,27)28/h5-7,10,12-14,17,21H,8-9H2,1-3H3,(H,31,33)/b22-16+. The van der Waals surface area contributed by atoms with Crippen molar-refractivity contribution in [2.24, 2.45) is 10.9 Å². The van der Waals surface area contributed by atoms with Gasteiger partial charge in [-0.1, -0.05) is 18.1 Å². The Morgan fingerprint density at radius 3 is 2.65 bits per heavy atom. The first-order chi connectivity index (χ1) is 16.2. The number of oxazole rings is 1. The Morgan fingerprint density at radius 1 is 1.29 bits per heavy atom. The molecule has 1 aromatic heterocycles. The summed E-state index contributed by atoms with van der Waals surface area (Å²) in [5.74, 6) is 1.99. The van der Waals surface area contributed by atoms with Crippen LogP contribution in [0.2, 0.25) is 0 Å². The van der Waals surface area contributed by atoms with Gasteiger partial charge in [-0.2, -0.15) is 13.2 Å². The number of hydrogen-bond donors (Lipinski definition) is 1. The second-order valence-electron chi connectivity index (χ2n) is 8.18. The molecular formula is C25H23F3N4O2. The summed E-state index contributed by atoms with van der Waals surface area (Å²) < 4.78 is 45.7. The van der Waals surface area contributed by atoms with Crippen molar-refractivity contribution in [2.75, 3.05) is 0 Å². The molecule has 2 aliphatic rings. The minimum Gasteiger partial charge on any atom is -0.445 e. The maximum absolute atomic E-state index is 13.5. The van der Waals surface area contributed by atoms with Gasteiger partial charge in [0.2, 0.25) is 5.89 Å². The van der Waals surface area contributed by atoms with Crippen molar-refractivity contribution in [2.45, 2.75) is 45.8 Å². The lowest BCUT2D eigenvalue weighted by molar-refractivity contribution is -0.164. The van der Waals surface area contributed by atoms with E-state index in [0.717, 1.165) is 11.1 Å². The van der Waals surface area contributed by atoms with Crippen LogP contribution in [0.5, 0.6) is 0 Å². The number of carbonyl (C=O) groups is 1. The lowest BCUT2D eigenvalue weighted by atomic mass is 10.0.